The quantitative estimate of drug-likeness (QED) is 0.679. The first-order valence-electron chi connectivity index (χ1n) is 8.87. The van der Waals surface area contributed by atoms with E-state index >= 15 is 0 Å². The molecule has 0 aliphatic rings. The van der Waals surface area contributed by atoms with E-state index in [0.29, 0.717) is 18.7 Å². The van der Waals surface area contributed by atoms with Crippen molar-refractivity contribution < 1.29 is 9.69 Å². The fourth-order valence-electron chi connectivity index (χ4n) is 2.85. The number of hydrogen-bond acceptors (Lipinski definition) is 2. The van der Waals surface area contributed by atoms with Gasteiger partial charge in [-0.05, 0) is 5.56 Å². The summed E-state index contributed by atoms with van der Waals surface area (Å²) in [7, 11) is 4.14. The van der Waals surface area contributed by atoms with Crippen molar-refractivity contribution in [2.75, 3.05) is 27.2 Å². The molecule has 0 aliphatic carbocycles. The van der Waals surface area contributed by atoms with Crippen molar-refractivity contribution in [3.8, 4) is 11.3 Å². The highest BCUT2D eigenvalue weighted by atomic mass is 16.1. The van der Waals surface area contributed by atoms with Gasteiger partial charge in [-0.15, -0.1) is 0 Å². The number of likely N-dealkylation sites (N-methyl/N-ethyl adjacent to an activating group) is 1. The Bertz CT molecular complexity index is 841. The zero-order valence-electron chi connectivity index (χ0n) is 15.3. The van der Waals surface area contributed by atoms with Crippen LogP contribution in [0.1, 0.15) is 15.9 Å². The van der Waals surface area contributed by atoms with Gasteiger partial charge in [0.15, 0.2) is 0 Å². The Balaban J connectivity index is 1.91. The monoisotopic (exact) mass is 349 g/mol. The Morgan fingerprint density at radius 2 is 1.69 bits per heavy atom. The molecule has 0 saturated heterocycles. The Labute approximate surface area is 154 Å². The van der Waals surface area contributed by atoms with Gasteiger partial charge in [-0.2, -0.15) is 5.10 Å². The zero-order chi connectivity index (χ0) is 18.4. The standard InChI is InChI=1S/C21H24N4O/c1-24(2)14-13-22-21(26)19-15-23-25(16-17-9-5-3-6-10-17)20(19)18-11-7-4-8-12-18/h3-12,15H,13-14,16H2,1-2H3,(H,22,26)/p+1. The smallest absolute Gasteiger partial charge is 0.255 e. The molecule has 3 aromatic rings. The van der Waals surface area contributed by atoms with Gasteiger partial charge >= 0.3 is 0 Å². The fourth-order valence-corrected chi connectivity index (χ4v) is 2.85. The average Bonchev–Trinajstić information content (AvgIpc) is 3.06. The number of nitrogens with zero attached hydrogens (tertiary/aromatic N) is 2. The number of rotatable bonds is 7. The highest BCUT2D eigenvalue weighted by molar-refractivity contribution is 5.99. The van der Waals surface area contributed by atoms with Crippen LogP contribution >= 0.6 is 0 Å². The molecule has 5 heteroatoms. The predicted octanol–water partition coefficient (Wildman–Crippen LogP) is 1.47. The number of carbonyl (C=O) groups excluding carboxylic acids is 1. The lowest BCUT2D eigenvalue weighted by Crippen LogP contribution is -3.06. The highest BCUT2D eigenvalue weighted by Gasteiger charge is 2.19. The van der Waals surface area contributed by atoms with Crippen molar-refractivity contribution in [2.45, 2.75) is 6.54 Å². The largest absolute Gasteiger partial charge is 0.346 e. The normalized spacial score (nSPS) is 10.9. The molecule has 2 N–H and O–H groups in total. The lowest BCUT2D eigenvalue weighted by molar-refractivity contribution is -0.856. The molecule has 0 fully saturated rings. The molecule has 5 nitrogen and oxygen atoms in total. The lowest BCUT2D eigenvalue weighted by Gasteiger charge is -2.11. The number of carbonyl (C=O) groups is 1. The molecule has 1 heterocycles. The number of nitrogens with one attached hydrogen (secondary N) is 2. The van der Waals surface area contributed by atoms with E-state index in [2.05, 4.69) is 36.6 Å². The van der Waals surface area contributed by atoms with Gasteiger partial charge in [0, 0.05) is 5.56 Å². The molecule has 0 bridgehead atoms. The first-order valence-corrected chi connectivity index (χ1v) is 8.87. The van der Waals surface area contributed by atoms with Gasteiger partial charge in [-0.25, -0.2) is 0 Å². The summed E-state index contributed by atoms with van der Waals surface area (Å²) in [4.78, 5) is 14.0. The molecule has 0 radical (unpaired) electrons. The number of benzene rings is 2. The molecule has 0 spiro atoms. The second-order valence-corrected chi connectivity index (χ2v) is 6.63. The molecule has 2 aromatic carbocycles. The van der Waals surface area contributed by atoms with Crippen LogP contribution in [-0.4, -0.2) is 42.9 Å². The Hall–Kier alpha value is -2.92. The Morgan fingerprint density at radius 3 is 2.35 bits per heavy atom. The van der Waals surface area contributed by atoms with Crippen LogP contribution in [0.2, 0.25) is 0 Å². The maximum atomic E-state index is 12.7. The Kier molecular flexibility index (Phi) is 5.81. The SMILES string of the molecule is C[NH+](C)CCNC(=O)c1cnn(Cc2ccccc2)c1-c1ccccc1. The van der Waals surface area contributed by atoms with Gasteiger partial charge in [0.1, 0.15) is 0 Å². The molecular weight excluding hydrogens is 324 g/mol. The van der Waals surface area contributed by atoms with Gasteiger partial charge in [-0.3, -0.25) is 9.48 Å². The van der Waals surface area contributed by atoms with Gasteiger partial charge in [-0.1, -0.05) is 60.7 Å². The van der Waals surface area contributed by atoms with Gasteiger partial charge in [0.25, 0.3) is 5.91 Å². The molecule has 0 atom stereocenters. The zero-order valence-corrected chi connectivity index (χ0v) is 15.3. The van der Waals surface area contributed by atoms with Crippen LogP contribution in [0.4, 0.5) is 0 Å². The molecule has 134 valence electrons. The van der Waals surface area contributed by atoms with Crippen molar-refractivity contribution in [1.29, 1.82) is 0 Å². The summed E-state index contributed by atoms with van der Waals surface area (Å²) in [5, 5.41) is 7.51. The molecule has 0 aliphatic heterocycles. The van der Waals surface area contributed by atoms with Crippen molar-refractivity contribution in [2.24, 2.45) is 0 Å². The van der Waals surface area contributed by atoms with Crippen molar-refractivity contribution in [3.05, 3.63) is 78.0 Å². The van der Waals surface area contributed by atoms with E-state index in [4.69, 9.17) is 0 Å². The third kappa shape index (κ3) is 4.37. The predicted molar refractivity (Wildman–Crippen MR) is 103 cm³/mol. The molecule has 0 unspecified atom stereocenters. The van der Waals surface area contributed by atoms with Gasteiger partial charge in [0.05, 0.1) is 51.2 Å². The molecule has 1 amide bonds. The number of amides is 1. The van der Waals surface area contributed by atoms with Crippen molar-refractivity contribution >= 4 is 5.91 Å². The minimum atomic E-state index is -0.0792. The molecule has 3 rings (SSSR count). The fraction of sp³-hybridized carbons (Fsp3) is 0.238. The number of hydrogen-bond donors (Lipinski definition) is 2. The average molecular weight is 349 g/mol. The topological polar surface area (TPSA) is 51.4 Å². The molecular formula is C21H25N4O+. The summed E-state index contributed by atoms with van der Waals surface area (Å²) in [6.45, 7) is 2.14. The summed E-state index contributed by atoms with van der Waals surface area (Å²) in [6, 6.07) is 20.1. The second kappa shape index (κ2) is 8.45. The lowest BCUT2D eigenvalue weighted by atomic mass is 10.1. The second-order valence-electron chi connectivity index (χ2n) is 6.63. The van der Waals surface area contributed by atoms with Crippen LogP contribution in [0.3, 0.4) is 0 Å². The van der Waals surface area contributed by atoms with Crippen molar-refractivity contribution in [3.63, 3.8) is 0 Å². The van der Waals surface area contributed by atoms with Gasteiger partial charge < -0.3 is 10.2 Å². The molecule has 1 aromatic heterocycles. The summed E-state index contributed by atoms with van der Waals surface area (Å²) < 4.78 is 1.90. The summed E-state index contributed by atoms with van der Waals surface area (Å²) >= 11 is 0. The van der Waals surface area contributed by atoms with E-state index in [0.717, 1.165) is 23.4 Å². The van der Waals surface area contributed by atoms with E-state index in [1.54, 1.807) is 6.20 Å². The van der Waals surface area contributed by atoms with Crippen LogP contribution in [0.25, 0.3) is 11.3 Å². The highest BCUT2D eigenvalue weighted by Crippen LogP contribution is 2.24. The first-order chi connectivity index (χ1) is 12.6. The maximum Gasteiger partial charge on any atom is 0.255 e. The van der Waals surface area contributed by atoms with E-state index in [1.807, 2.05) is 53.2 Å². The Morgan fingerprint density at radius 1 is 1.04 bits per heavy atom. The number of aromatic nitrogens is 2. The van der Waals surface area contributed by atoms with Crippen LogP contribution in [0.15, 0.2) is 66.9 Å². The molecule has 26 heavy (non-hydrogen) atoms. The van der Waals surface area contributed by atoms with Crippen LogP contribution < -0.4 is 10.2 Å². The van der Waals surface area contributed by atoms with E-state index in [9.17, 15) is 4.79 Å². The van der Waals surface area contributed by atoms with E-state index in [-0.39, 0.29) is 5.91 Å². The third-order valence-electron chi connectivity index (χ3n) is 4.22. The van der Waals surface area contributed by atoms with Gasteiger partial charge in [0.2, 0.25) is 0 Å². The summed E-state index contributed by atoms with van der Waals surface area (Å²) in [6.07, 6.45) is 1.67. The van der Waals surface area contributed by atoms with Crippen LogP contribution in [-0.2, 0) is 6.54 Å². The minimum Gasteiger partial charge on any atom is -0.346 e. The van der Waals surface area contributed by atoms with Crippen LogP contribution in [0.5, 0.6) is 0 Å². The summed E-state index contributed by atoms with van der Waals surface area (Å²) in [5.74, 6) is -0.0792. The summed E-state index contributed by atoms with van der Waals surface area (Å²) in [5.41, 5.74) is 3.60. The number of quaternary nitrogens is 1. The van der Waals surface area contributed by atoms with E-state index < -0.39 is 0 Å². The molecule has 0 saturated carbocycles. The third-order valence-corrected chi connectivity index (χ3v) is 4.22. The van der Waals surface area contributed by atoms with E-state index in [1.165, 1.54) is 4.90 Å². The minimum absolute atomic E-state index is 0.0792. The van der Waals surface area contributed by atoms with Crippen molar-refractivity contribution in [1.82, 2.24) is 15.1 Å². The van der Waals surface area contributed by atoms with Crippen LogP contribution in [0, 0.1) is 0 Å². The first kappa shape index (κ1) is 17.9. The maximum absolute atomic E-state index is 12.7.